The molecule has 0 spiro atoms. The number of hydrogen-bond acceptors (Lipinski definition) is 3. The maximum Gasteiger partial charge on any atom is 0.449 e. The summed E-state index contributed by atoms with van der Waals surface area (Å²) < 4.78 is 42.9. The van der Waals surface area contributed by atoms with Crippen molar-refractivity contribution in [1.82, 2.24) is 4.90 Å². The van der Waals surface area contributed by atoms with Gasteiger partial charge in [0.1, 0.15) is 12.4 Å². The van der Waals surface area contributed by atoms with Gasteiger partial charge in [-0.05, 0) is 66.6 Å². The number of carbonyl (C=O) groups excluding carboxylic acids is 1. The number of ketones is 1. The Morgan fingerprint density at radius 1 is 0.882 bits per heavy atom. The standard InChI is InChI=1S/C26H24Cl2F3NO2/c1-32(25(19-5-9-21(27)10-6-19)20-7-11-22(28)12-8-20)16-17-34-23-13-2-18(3-14-23)4-15-24(33)26(29,30)31/h2-3,5-14,25H,4,15-17H2,1H3. The average Bonchev–Trinajstić information content (AvgIpc) is 2.80. The van der Waals surface area contributed by atoms with Gasteiger partial charge in [0.05, 0.1) is 6.04 Å². The molecule has 0 amide bonds. The molecule has 180 valence electrons. The molecule has 3 rings (SSSR count). The highest BCUT2D eigenvalue weighted by Gasteiger charge is 2.37. The monoisotopic (exact) mass is 509 g/mol. The molecule has 0 N–H and O–H groups in total. The van der Waals surface area contributed by atoms with Crippen molar-refractivity contribution < 1.29 is 22.7 Å². The SMILES string of the molecule is CN(CCOc1ccc(CCC(=O)C(F)(F)F)cc1)C(c1ccc(Cl)cc1)c1ccc(Cl)cc1. The molecule has 3 aromatic carbocycles. The number of benzene rings is 3. The first kappa shape index (κ1) is 26.1. The highest BCUT2D eigenvalue weighted by molar-refractivity contribution is 6.30. The van der Waals surface area contributed by atoms with Crippen molar-refractivity contribution in [2.75, 3.05) is 20.2 Å². The maximum absolute atomic E-state index is 12.3. The van der Waals surface area contributed by atoms with Crippen LogP contribution < -0.4 is 4.74 Å². The summed E-state index contributed by atoms with van der Waals surface area (Å²) in [5.74, 6) is -1.11. The number of aryl methyl sites for hydroxylation is 1. The molecule has 3 nitrogen and oxygen atoms in total. The summed E-state index contributed by atoms with van der Waals surface area (Å²) in [4.78, 5) is 13.2. The summed E-state index contributed by atoms with van der Waals surface area (Å²) >= 11 is 12.1. The highest BCUT2D eigenvalue weighted by Crippen LogP contribution is 2.29. The first-order valence-electron chi connectivity index (χ1n) is 10.7. The minimum absolute atomic E-state index is 0.0330. The topological polar surface area (TPSA) is 29.5 Å². The molecule has 0 aliphatic rings. The van der Waals surface area contributed by atoms with Crippen LogP contribution in [0.4, 0.5) is 13.2 Å². The van der Waals surface area contributed by atoms with Crippen LogP contribution in [0.3, 0.4) is 0 Å². The van der Waals surface area contributed by atoms with Gasteiger partial charge in [0.25, 0.3) is 0 Å². The Morgan fingerprint density at radius 3 is 1.85 bits per heavy atom. The lowest BCUT2D eigenvalue weighted by molar-refractivity contribution is -0.171. The number of halogens is 5. The van der Waals surface area contributed by atoms with Crippen LogP contribution >= 0.6 is 23.2 Å². The van der Waals surface area contributed by atoms with Gasteiger partial charge >= 0.3 is 6.18 Å². The summed E-state index contributed by atoms with van der Waals surface area (Å²) in [5, 5.41) is 1.33. The number of nitrogens with zero attached hydrogens (tertiary/aromatic N) is 1. The van der Waals surface area contributed by atoms with E-state index in [0.717, 1.165) is 11.1 Å². The van der Waals surface area contributed by atoms with E-state index in [9.17, 15) is 18.0 Å². The van der Waals surface area contributed by atoms with E-state index in [-0.39, 0.29) is 12.5 Å². The Bertz CT molecular complexity index is 1020. The van der Waals surface area contributed by atoms with Crippen molar-refractivity contribution in [3.63, 3.8) is 0 Å². The molecule has 3 aromatic rings. The van der Waals surface area contributed by atoms with Crippen LogP contribution in [0, 0.1) is 0 Å². The number of carbonyl (C=O) groups is 1. The lowest BCUT2D eigenvalue weighted by Gasteiger charge is -2.29. The van der Waals surface area contributed by atoms with E-state index in [1.54, 1.807) is 24.3 Å². The van der Waals surface area contributed by atoms with Crippen LogP contribution in [-0.2, 0) is 11.2 Å². The Kier molecular flexibility index (Phi) is 9.00. The van der Waals surface area contributed by atoms with Gasteiger partial charge in [0.15, 0.2) is 0 Å². The van der Waals surface area contributed by atoms with E-state index in [2.05, 4.69) is 4.90 Å². The van der Waals surface area contributed by atoms with Crippen molar-refractivity contribution in [3.05, 3.63) is 99.5 Å². The molecule has 0 heterocycles. The van der Waals surface area contributed by atoms with Crippen molar-refractivity contribution in [2.24, 2.45) is 0 Å². The van der Waals surface area contributed by atoms with E-state index < -0.39 is 18.4 Å². The zero-order chi connectivity index (χ0) is 24.7. The molecule has 0 saturated heterocycles. The van der Waals surface area contributed by atoms with Crippen molar-refractivity contribution in [2.45, 2.75) is 25.1 Å². The third-order valence-corrected chi connectivity index (χ3v) is 5.91. The summed E-state index contributed by atoms with van der Waals surface area (Å²) in [6, 6.07) is 22.1. The molecule has 0 unspecified atom stereocenters. The Labute approximate surface area is 207 Å². The molecule has 8 heteroatoms. The molecule has 0 atom stereocenters. The van der Waals surface area contributed by atoms with Crippen LogP contribution in [0.25, 0.3) is 0 Å². The van der Waals surface area contributed by atoms with E-state index in [1.165, 1.54) is 0 Å². The molecule has 0 aliphatic carbocycles. The average molecular weight is 510 g/mol. The number of alkyl halides is 3. The minimum atomic E-state index is -4.79. The zero-order valence-corrected chi connectivity index (χ0v) is 20.0. The fourth-order valence-electron chi connectivity index (χ4n) is 3.58. The van der Waals surface area contributed by atoms with E-state index in [0.29, 0.717) is 34.5 Å². The lowest BCUT2D eigenvalue weighted by atomic mass is 9.97. The minimum Gasteiger partial charge on any atom is -0.492 e. The normalized spacial score (nSPS) is 11.8. The molecule has 0 aliphatic heterocycles. The third kappa shape index (κ3) is 7.49. The molecule has 0 radical (unpaired) electrons. The second-order valence-corrected chi connectivity index (χ2v) is 8.77. The Morgan fingerprint density at radius 2 is 1.38 bits per heavy atom. The van der Waals surface area contributed by atoms with Crippen molar-refractivity contribution in [3.8, 4) is 5.75 Å². The van der Waals surface area contributed by atoms with Crippen LogP contribution in [0.2, 0.25) is 10.0 Å². The van der Waals surface area contributed by atoms with Crippen LogP contribution in [0.1, 0.15) is 29.2 Å². The van der Waals surface area contributed by atoms with Gasteiger partial charge in [0, 0.05) is 23.0 Å². The van der Waals surface area contributed by atoms with Crippen molar-refractivity contribution >= 4 is 29.0 Å². The van der Waals surface area contributed by atoms with Gasteiger partial charge in [-0.25, -0.2) is 0 Å². The molecule has 34 heavy (non-hydrogen) atoms. The number of Topliss-reactive ketones (excluding diaryl/α,β-unsaturated/α-hetero) is 1. The third-order valence-electron chi connectivity index (χ3n) is 5.41. The summed E-state index contributed by atoms with van der Waals surface area (Å²) in [6.07, 6.45) is -5.32. The summed E-state index contributed by atoms with van der Waals surface area (Å²) in [6.45, 7) is 1.01. The molecular weight excluding hydrogens is 486 g/mol. The number of likely N-dealkylation sites (N-methyl/N-ethyl adjacent to an activating group) is 1. The molecule has 0 fully saturated rings. The second-order valence-electron chi connectivity index (χ2n) is 7.90. The second kappa shape index (κ2) is 11.7. The fourth-order valence-corrected chi connectivity index (χ4v) is 3.83. The van der Waals surface area contributed by atoms with Gasteiger partial charge in [0.2, 0.25) is 5.78 Å². The van der Waals surface area contributed by atoms with Gasteiger partial charge in [-0.2, -0.15) is 13.2 Å². The smallest absolute Gasteiger partial charge is 0.449 e. The largest absolute Gasteiger partial charge is 0.492 e. The van der Waals surface area contributed by atoms with Crippen LogP contribution in [-0.4, -0.2) is 37.1 Å². The van der Waals surface area contributed by atoms with E-state index in [4.69, 9.17) is 27.9 Å². The Hall–Kier alpha value is -2.54. The summed E-state index contributed by atoms with van der Waals surface area (Å²) in [7, 11) is 2.00. The van der Waals surface area contributed by atoms with Gasteiger partial charge < -0.3 is 4.74 Å². The van der Waals surface area contributed by atoms with Gasteiger partial charge in [-0.15, -0.1) is 0 Å². The zero-order valence-electron chi connectivity index (χ0n) is 18.5. The molecule has 0 saturated carbocycles. The lowest BCUT2D eigenvalue weighted by Crippen LogP contribution is -2.29. The van der Waals surface area contributed by atoms with Crippen LogP contribution in [0.15, 0.2) is 72.8 Å². The van der Waals surface area contributed by atoms with Crippen LogP contribution in [0.5, 0.6) is 5.75 Å². The molecule has 0 bridgehead atoms. The molecular formula is C26H24Cl2F3NO2. The Balaban J connectivity index is 1.59. The number of hydrogen-bond donors (Lipinski definition) is 0. The predicted molar refractivity (Wildman–Crippen MR) is 129 cm³/mol. The summed E-state index contributed by atoms with van der Waals surface area (Å²) in [5.41, 5.74) is 2.80. The number of rotatable bonds is 10. The highest BCUT2D eigenvalue weighted by atomic mass is 35.5. The van der Waals surface area contributed by atoms with E-state index >= 15 is 0 Å². The number of ether oxygens (including phenoxy) is 1. The molecule has 0 aromatic heterocycles. The van der Waals surface area contributed by atoms with E-state index in [1.807, 2.05) is 55.6 Å². The maximum atomic E-state index is 12.3. The first-order valence-corrected chi connectivity index (χ1v) is 11.4. The van der Waals surface area contributed by atoms with Crippen molar-refractivity contribution in [1.29, 1.82) is 0 Å². The quantitative estimate of drug-likeness (QED) is 0.290. The van der Waals surface area contributed by atoms with Gasteiger partial charge in [-0.1, -0.05) is 59.6 Å². The predicted octanol–water partition coefficient (Wildman–Crippen LogP) is 7.16. The fraction of sp³-hybridized carbons (Fsp3) is 0.269. The first-order chi connectivity index (χ1) is 16.1. The van der Waals surface area contributed by atoms with Gasteiger partial charge in [-0.3, -0.25) is 9.69 Å².